The summed E-state index contributed by atoms with van der Waals surface area (Å²) in [6.07, 6.45) is 2.52. The minimum atomic E-state index is 0.558. The lowest BCUT2D eigenvalue weighted by molar-refractivity contribution is 0.270. The predicted molar refractivity (Wildman–Crippen MR) is 79.1 cm³/mol. The van der Waals surface area contributed by atoms with Gasteiger partial charge in [-0.15, -0.1) is 0 Å². The molecule has 1 saturated heterocycles. The molecule has 1 aliphatic rings. The smallest absolute Gasteiger partial charge is 0.101 e. The van der Waals surface area contributed by atoms with Gasteiger partial charge in [-0.3, -0.25) is 4.90 Å². The van der Waals surface area contributed by atoms with E-state index in [1.807, 2.05) is 12.1 Å². The highest BCUT2D eigenvalue weighted by atomic mass is 15.2. The zero-order valence-electron chi connectivity index (χ0n) is 11.8. The summed E-state index contributed by atoms with van der Waals surface area (Å²) in [5.41, 5.74) is 8.17. The maximum absolute atomic E-state index is 9.03. The maximum Gasteiger partial charge on any atom is 0.101 e. The second kappa shape index (κ2) is 5.94. The molecule has 4 nitrogen and oxygen atoms in total. The van der Waals surface area contributed by atoms with Crippen LogP contribution in [0.25, 0.3) is 0 Å². The van der Waals surface area contributed by atoms with Crippen LogP contribution in [0.3, 0.4) is 0 Å². The van der Waals surface area contributed by atoms with Crippen LogP contribution in [0.4, 0.5) is 11.4 Å². The summed E-state index contributed by atoms with van der Waals surface area (Å²) >= 11 is 0. The molecular formula is C15H22N4. The summed E-state index contributed by atoms with van der Waals surface area (Å²) in [7, 11) is 2.05. The van der Waals surface area contributed by atoms with Gasteiger partial charge in [-0.05, 0) is 38.1 Å². The summed E-state index contributed by atoms with van der Waals surface area (Å²) in [4.78, 5) is 4.69. The fourth-order valence-corrected chi connectivity index (χ4v) is 2.92. The Morgan fingerprint density at radius 3 is 3.00 bits per heavy atom. The molecular weight excluding hydrogens is 236 g/mol. The van der Waals surface area contributed by atoms with Gasteiger partial charge in [0.15, 0.2) is 0 Å². The highest BCUT2D eigenvalue weighted by Crippen LogP contribution is 2.27. The molecule has 1 aromatic rings. The third kappa shape index (κ3) is 2.82. The van der Waals surface area contributed by atoms with E-state index in [9.17, 15) is 0 Å². The molecule has 1 aliphatic heterocycles. The molecule has 2 N–H and O–H groups in total. The van der Waals surface area contributed by atoms with Gasteiger partial charge in [-0.2, -0.15) is 5.26 Å². The second-order valence-corrected chi connectivity index (χ2v) is 5.16. The molecule has 0 aromatic heterocycles. The molecule has 0 radical (unpaired) electrons. The van der Waals surface area contributed by atoms with Crippen molar-refractivity contribution in [1.29, 1.82) is 5.26 Å². The Balaban J connectivity index is 2.12. The number of nitrogens with zero attached hydrogens (tertiary/aromatic N) is 3. The van der Waals surface area contributed by atoms with Crippen LogP contribution in [0.15, 0.2) is 18.2 Å². The molecule has 0 amide bonds. The van der Waals surface area contributed by atoms with Crippen LogP contribution in [-0.4, -0.2) is 37.6 Å². The van der Waals surface area contributed by atoms with E-state index in [1.54, 1.807) is 6.07 Å². The molecule has 1 unspecified atom stereocenters. The SMILES string of the molecule is CCN1CCCC1CN(C)c1cccc(C#N)c1N. The number of rotatable bonds is 4. The van der Waals surface area contributed by atoms with E-state index in [2.05, 4.69) is 29.8 Å². The summed E-state index contributed by atoms with van der Waals surface area (Å²) in [5.74, 6) is 0. The molecule has 1 atom stereocenters. The first-order chi connectivity index (χ1) is 9.17. The Morgan fingerprint density at radius 1 is 1.53 bits per heavy atom. The standard InChI is InChI=1S/C15H22N4/c1-3-19-9-5-7-13(19)11-18(2)14-8-4-6-12(10-16)15(14)17/h4,6,8,13H,3,5,7,9,11,17H2,1-2H3. The van der Waals surface area contributed by atoms with Crippen LogP contribution in [0, 0.1) is 11.3 Å². The predicted octanol–water partition coefficient (Wildman–Crippen LogP) is 2.06. The van der Waals surface area contributed by atoms with Gasteiger partial charge in [0.05, 0.1) is 16.9 Å². The summed E-state index contributed by atoms with van der Waals surface area (Å²) < 4.78 is 0. The van der Waals surface area contributed by atoms with Crippen molar-refractivity contribution in [1.82, 2.24) is 4.90 Å². The molecule has 0 aliphatic carbocycles. The number of nitriles is 1. The maximum atomic E-state index is 9.03. The van der Waals surface area contributed by atoms with Crippen LogP contribution < -0.4 is 10.6 Å². The molecule has 1 aromatic carbocycles. The average molecular weight is 258 g/mol. The fourth-order valence-electron chi connectivity index (χ4n) is 2.92. The Bertz CT molecular complexity index is 478. The summed E-state index contributed by atoms with van der Waals surface area (Å²) in [5, 5.41) is 9.03. The molecule has 0 spiro atoms. The number of likely N-dealkylation sites (N-methyl/N-ethyl adjacent to an activating group) is 2. The molecule has 19 heavy (non-hydrogen) atoms. The average Bonchev–Trinajstić information content (AvgIpc) is 2.86. The van der Waals surface area contributed by atoms with E-state index in [4.69, 9.17) is 11.0 Å². The molecule has 1 fully saturated rings. The first-order valence-electron chi connectivity index (χ1n) is 6.91. The Labute approximate surface area is 115 Å². The molecule has 4 heteroatoms. The second-order valence-electron chi connectivity index (χ2n) is 5.16. The fraction of sp³-hybridized carbons (Fsp3) is 0.533. The lowest BCUT2D eigenvalue weighted by Crippen LogP contribution is -2.39. The van der Waals surface area contributed by atoms with E-state index in [0.29, 0.717) is 17.3 Å². The van der Waals surface area contributed by atoms with Gasteiger partial charge in [0.25, 0.3) is 0 Å². The highest BCUT2D eigenvalue weighted by Gasteiger charge is 2.24. The quantitative estimate of drug-likeness (QED) is 0.840. The molecule has 1 heterocycles. The largest absolute Gasteiger partial charge is 0.396 e. The van der Waals surface area contributed by atoms with Crippen molar-refractivity contribution >= 4 is 11.4 Å². The van der Waals surface area contributed by atoms with E-state index < -0.39 is 0 Å². The topological polar surface area (TPSA) is 56.3 Å². The van der Waals surface area contributed by atoms with Crippen LogP contribution in [0.1, 0.15) is 25.3 Å². The number of nitrogens with two attached hydrogens (primary N) is 1. The van der Waals surface area contributed by atoms with E-state index in [0.717, 1.165) is 18.8 Å². The van der Waals surface area contributed by atoms with Gasteiger partial charge in [0, 0.05) is 19.6 Å². The van der Waals surface area contributed by atoms with Gasteiger partial charge in [-0.1, -0.05) is 13.0 Å². The van der Waals surface area contributed by atoms with Crippen LogP contribution in [-0.2, 0) is 0 Å². The normalized spacial score (nSPS) is 19.3. The molecule has 0 bridgehead atoms. The molecule has 2 rings (SSSR count). The number of para-hydroxylation sites is 1. The Morgan fingerprint density at radius 2 is 2.32 bits per heavy atom. The minimum absolute atomic E-state index is 0.558. The zero-order chi connectivity index (χ0) is 13.8. The lowest BCUT2D eigenvalue weighted by atomic mass is 10.1. The van der Waals surface area contributed by atoms with Crippen LogP contribution in [0.5, 0.6) is 0 Å². The van der Waals surface area contributed by atoms with Crippen molar-refractivity contribution in [3.05, 3.63) is 23.8 Å². The lowest BCUT2D eigenvalue weighted by Gasteiger charge is -2.29. The Kier molecular flexibility index (Phi) is 4.28. The number of likely N-dealkylation sites (tertiary alicyclic amines) is 1. The third-order valence-corrected chi connectivity index (χ3v) is 4.00. The van der Waals surface area contributed by atoms with Crippen LogP contribution in [0.2, 0.25) is 0 Å². The highest BCUT2D eigenvalue weighted by molar-refractivity contribution is 5.73. The number of hydrogen-bond acceptors (Lipinski definition) is 4. The number of anilines is 2. The summed E-state index contributed by atoms with van der Waals surface area (Å²) in [6.45, 7) is 5.48. The Hall–Kier alpha value is -1.73. The van der Waals surface area contributed by atoms with Crippen LogP contribution >= 0.6 is 0 Å². The number of nitrogen functional groups attached to an aromatic ring is 1. The van der Waals surface area contributed by atoms with Crippen molar-refractivity contribution < 1.29 is 0 Å². The summed E-state index contributed by atoms with van der Waals surface area (Å²) in [6, 6.07) is 8.39. The van der Waals surface area contributed by atoms with Gasteiger partial charge >= 0.3 is 0 Å². The van der Waals surface area contributed by atoms with Gasteiger partial charge in [0.1, 0.15) is 6.07 Å². The van der Waals surface area contributed by atoms with Crippen molar-refractivity contribution in [2.45, 2.75) is 25.8 Å². The first kappa shape index (κ1) is 13.7. The monoisotopic (exact) mass is 258 g/mol. The van der Waals surface area contributed by atoms with Crippen molar-refractivity contribution in [3.8, 4) is 6.07 Å². The number of hydrogen-bond donors (Lipinski definition) is 1. The zero-order valence-corrected chi connectivity index (χ0v) is 11.8. The minimum Gasteiger partial charge on any atom is -0.396 e. The van der Waals surface area contributed by atoms with Gasteiger partial charge in [0.2, 0.25) is 0 Å². The molecule has 0 saturated carbocycles. The van der Waals surface area contributed by atoms with Crippen molar-refractivity contribution in [2.75, 3.05) is 37.3 Å². The van der Waals surface area contributed by atoms with Crippen molar-refractivity contribution in [3.63, 3.8) is 0 Å². The van der Waals surface area contributed by atoms with Gasteiger partial charge in [-0.25, -0.2) is 0 Å². The van der Waals surface area contributed by atoms with E-state index in [-0.39, 0.29) is 0 Å². The van der Waals surface area contributed by atoms with E-state index in [1.165, 1.54) is 19.4 Å². The molecule has 102 valence electrons. The van der Waals surface area contributed by atoms with Gasteiger partial charge < -0.3 is 10.6 Å². The van der Waals surface area contributed by atoms with Crippen molar-refractivity contribution in [2.24, 2.45) is 0 Å². The van der Waals surface area contributed by atoms with E-state index >= 15 is 0 Å². The number of benzene rings is 1. The first-order valence-corrected chi connectivity index (χ1v) is 6.91. The third-order valence-electron chi connectivity index (χ3n) is 4.00.